The van der Waals surface area contributed by atoms with Gasteiger partial charge in [-0.25, -0.2) is 4.79 Å². The van der Waals surface area contributed by atoms with Crippen LogP contribution in [-0.2, 0) is 27.8 Å². The summed E-state index contributed by atoms with van der Waals surface area (Å²) in [6.07, 6.45) is -5.43. The Morgan fingerprint density at radius 1 is 1.13 bits per heavy atom. The molecular formula is C26H28F3N3O5S. The number of carbonyl (C=O) groups is 1. The molecule has 2 aromatic carbocycles. The average molecular weight is 552 g/mol. The van der Waals surface area contributed by atoms with Crippen LogP contribution in [0.5, 0.6) is 5.75 Å². The molecule has 1 aromatic heterocycles. The summed E-state index contributed by atoms with van der Waals surface area (Å²) in [4.78, 5) is 13.1. The number of hydrogen-bond acceptors (Lipinski definition) is 7. The molecule has 1 unspecified atom stereocenters. The maximum atomic E-state index is 13.9. The molecule has 1 saturated heterocycles. The van der Waals surface area contributed by atoms with Crippen molar-refractivity contribution in [1.29, 1.82) is 0 Å². The lowest BCUT2D eigenvalue weighted by atomic mass is 10.0. The molecule has 0 bridgehead atoms. The van der Waals surface area contributed by atoms with Crippen LogP contribution >= 0.6 is 11.3 Å². The van der Waals surface area contributed by atoms with Gasteiger partial charge in [0.25, 0.3) is 0 Å². The normalized spacial score (nSPS) is 19.1. The van der Waals surface area contributed by atoms with Crippen molar-refractivity contribution in [2.45, 2.75) is 51.2 Å². The number of ether oxygens (including phenoxy) is 3. The van der Waals surface area contributed by atoms with Gasteiger partial charge in [-0.2, -0.15) is 13.2 Å². The summed E-state index contributed by atoms with van der Waals surface area (Å²) >= 11 is 1.02. The topological polar surface area (TPSA) is 94.0 Å². The van der Waals surface area contributed by atoms with Crippen LogP contribution in [0.3, 0.4) is 0 Å². The first-order chi connectivity index (χ1) is 17.9. The fourth-order valence-corrected chi connectivity index (χ4v) is 5.28. The van der Waals surface area contributed by atoms with E-state index in [1.165, 1.54) is 12.1 Å². The molecule has 1 N–H and O–H groups in total. The maximum Gasteiger partial charge on any atom is 0.419 e. The van der Waals surface area contributed by atoms with E-state index in [0.29, 0.717) is 24.6 Å². The van der Waals surface area contributed by atoms with Crippen LogP contribution in [0.25, 0.3) is 10.6 Å². The standard InChI is InChI=1S/C26H28F3N3O5S/c1-24(2)32(23(33)34)25(3,16-37-24)22-31-30-21(38-22)18-10-11-20(19(14-18)26(27,28)29)36-13-7-12-35-15-17-8-5-4-6-9-17/h4-6,8-11,14H,7,12-13,15-16H2,1-3H3,(H,33,34). The van der Waals surface area contributed by atoms with Crippen molar-refractivity contribution in [2.24, 2.45) is 0 Å². The van der Waals surface area contributed by atoms with Crippen molar-refractivity contribution in [2.75, 3.05) is 19.8 Å². The van der Waals surface area contributed by atoms with Crippen LogP contribution in [0, 0.1) is 0 Å². The van der Waals surface area contributed by atoms with Gasteiger partial charge in [0, 0.05) is 12.0 Å². The van der Waals surface area contributed by atoms with Gasteiger partial charge in [-0.15, -0.1) is 10.2 Å². The molecule has 1 amide bonds. The minimum atomic E-state index is -4.65. The molecule has 2 heterocycles. The lowest BCUT2D eigenvalue weighted by Gasteiger charge is -2.35. The summed E-state index contributed by atoms with van der Waals surface area (Å²) in [5.74, 6) is -0.288. The number of benzene rings is 2. The number of nitrogens with zero attached hydrogens (tertiary/aromatic N) is 3. The van der Waals surface area contributed by atoms with Gasteiger partial charge in [0.1, 0.15) is 27.0 Å². The second-order valence-electron chi connectivity index (χ2n) is 9.49. The molecular weight excluding hydrogens is 523 g/mol. The molecule has 204 valence electrons. The molecule has 1 fully saturated rings. The summed E-state index contributed by atoms with van der Waals surface area (Å²) in [5.41, 5.74) is -1.95. The quantitative estimate of drug-likeness (QED) is 0.318. The van der Waals surface area contributed by atoms with E-state index in [2.05, 4.69) is 10.2 Å². The highest BCUT2D eigenvalue weighted by atomic mass is 32.1. The Bertz CT molecular complexity index is 1270. The van der Waals surface area contributed by atoms with Crippen molar-refractivity contribution in [3.63, 3.8) is 0 Å². The lowest BCUT2D eigenvalue weighted by molar-refractivity contribution is -0.138. The second kappa shape index (κ2) is 10.9. The molecule has 1 aliphatic rings. The van der Waals surface area contributed by atoms with Crippen molar-refractivity contribution < 1.29 is 37.3 Å². The van der Waals surface area contributed by atoms with Crippen LogP contribution in [-0.4, -0.2) is 51.8 Å². The Kier molecular flexibility index (Phi) is 7.96. The molecule has 8 nitrogen and oxygen atoms in total. The van der Waals surface area contributed by atoms with Crippen molar-refractivity contribution in [3.8, 4) is 16.3 Å². The van der Waals surface area contributed by atoms with E-state index >= 15 is 0 Å². The molecule has 1 aliphatic heterocycles. The number of hydrogen-bond donors (Lipinski definition) is 1. The number of amides is 1. The summed E-state index contributed by atoms with van der Waals surface area (Å²) in [6.45, 7) is 5.75. The molecule has 0 aliphatic carbocycles. The summed E-state index contributed by atoms with van der Waals surface area (Å²) in [5, 5.41) is 18.5. The summed E-state index contributed by atoms with van der Waals surface area (Å²) < 4.78 is 58.3. The Labute approximate surface area is 222 Å². The Morgan fingerprint density at radius 3 is 2.55 bits per heavy atom. The Morgan fingerprint density at radius 2 is 1.87 bits per heavy atom. The zero-order valence-electron chi connectivity index (χ0n) is 21.1. The molecule has 12 heteroatoms. The third-order valence-electron chi connectivity index (χ3n) is 6.15. The van der Waals surface area contributed by atoms with E-state index in [9.17, 15) is 23.1 Å². The summed E-state index contributed by atoms with van der Waals surface area (Å²) in [6, 6.07) is 13.3. The van der Waals surface area contributed by atoms with E-state index in [1.807, 2.05) is 30.3 Å². The number of rotatable bonds is 9. The van der Waals surface area contributed by atoms with Gasteiger partial charge in [0.2, 0.25) is 0 Å². The number of alkyl halides is 3. The monoisotopic (exact) mass is 551 g/mol. The van der Waals surface area contributed by atoms with E-state index in [1.54, 1.807) is 20.8 Å². The zero-order valence-corrected chi connectivity index (χ0v) is 21.9. The van der Waals surface area contributed by atoms with Gasteiger partial charge < -0.3 is 19.3 Å². The predicted octanol–water partition coefficient (Wildman–Crippen LogP) is 6.17. The molecule has 0 radical (unpaired) electrons. The highest BCUT2D eigenvalue weighted by Gasteiger charge is 2.54. The van der Waals surface area contributed by atoms with Crippen molar-refractivity contribution >= 4 is 17.4 Å². The van der Waals surface area contributed by atoms with Crippen LogP contribution in [0.4, 0.5) is 18.0 Å². The Balaban J connectivity index is 1.45. The van der Waals surface area contributed by atoms with Crippen LogP contribution in [0.2, 0.25) is 0 Å². The maximum absolute atomic E-state index is 13.9. The molecule has 3 aromatic rings. The van der Waals surface area contributed by atoms with Crippen LogP contribution in [0.15, 0.2) is 48.5 Å². The molecule has 1 atom stereocenters. The molecule has 0 saturated carbocycles. The van der Waals surface area contributed by atoms with E-state index in [0.717, 1.165) is 27.9 Å². The van der Waals surface area contributed by atoms with E-state index in [4.69, 9.17) is 14.2 Å². The second-order valence-corrected chi connectivity index (χ2v) is 10.5. The van der Waals surface area contributed by atoms with Crippen LogP contribution in [0.1, 0.15) is 43.3 Å². The number of carboxylic acid groups (broad SMARTS) is 1. The van der Waals surface area contributed by atoms with Crippen LogP contribution < -0.4 is 4.74 Å². The van der Waals surface area contributed by atoms with E-state index < -0.39 is 29.1 Å². The minimum absolute atomic E-state index is 0.0383. The van der Waals surface area contributed by atoms with Gasteiger partial charge in [0.15, 0.2) is 0 Å². The first-order valence-corrected chi connectivity index (χ1v) is 12.7. The first kappa shape index (κ1) is 27.8. The smallest absolute Gasteiger partial charge is 0.419 e. The molecule has 4 rings (SSSR count). The van der Waals surface area contributed by atoms with Gasteiger partial charge in [-0.05, 0) is 44.5 Å². The summed E-state index contributed by atoms with van der Waals surface area (Å²) in [7, 11) is 0. The van der Waals surface area contributed by atoms with Gasteiger partial charge >= 0.3 is 12.3 Å². The predicted molar refractivity (Wildman–Crippen MR) is 134 cm³/mol. The average Bonchev–Trinajstić information content (AvgIpc) is 3.45. The SMILES string of the molecule is CC1(C)OCC(C)(c2nnc(-c3ccc(OCCCOCc4ccccc4)c(C(F)(F)F)c3)s2)N1C(=O)O. The highest BCUT2D eigenvalue weighted by Crippen LogP contribution is 2.45. The first-order valence-electron chi connectivity index (χ1n) is 11.9. The zero-order chi connectivity index (χ0) is 27.6. The minimum Gasteiger partial charge on any atom is -0.493 e. The molecule has 0 spiro atoms. The van der Waals surface area contributed by atoms with Gasteiger partial charge in [-0.1, -0.05) is 41.7 Å². The third-order valence-corrected chi connectivity index (χ3v) is 7.37. The number of aromatic nitrogens is 2. The largest absolute Gasteiger partial charge is 0.493 e. The van der Waals surface area contributed by atoms with Gasteiger partial charge in [0.05, 0.1) is 32.0 Å². The highest BCUT2D eigenvalue weighted by molar-refractivity contribution is 7.14. The third kappa shape index (κ3) is 5.92. The molecule has 38 heavy (non-hydrogen) atoms. The Hall–Kier alpha value is -3.22. The van der Waals surface area contributed by atoms with Crippen molar-refractivity contribution in [3.05, 3.63) is 64.7 Å². The fourth-order valence-electron chi connectivity index (χ4n) is 4.31. The van der Waals surface area contributed by atoms with E-state index in [-0.39, 0.29) is 29.5 Å². The lowest BCUT2D eigenvalue weighted by Crippen LogP contribution is -2.51. The van der Waals surface area contributed by atoms with Crippen molar-refractivity contribution in [1.82, 2.24) is 15.1 Å². The van der Waals surface area contributed by atoms with Gasteiger partial charge in [-0.3, -0.25) is 4.90 Å². The number of halogens is 3. The fraction of sp³-hybridized carbons (Fsp3) is 0.423.